The highest BCUT2D eigenvalue weighted by Gasteiger charge is 2.29. The zero-order chi connectivity index (χ0) is 24.8. The highest BCUT2D eigenvalue weighted by molar-refractivity contribution is 6.59. The number of amides is 1. The summed E-state index contributed by atoms with van der Waals surface area (Å²) in [7, 11) is -0.693. The SMILES string of the molecule is COc1ccc(COc2c(CC(NC(=O)OC(C)(C)C)C(=O)O)ccc(F)c2B(O)O)cc1. The number of hydrogen-bond acceptors (Lipinski definition) is 7. The molecule has 0 aromatic heterocycles. The number of hydrogen-bond donors (Lipinski definition) is 4. The summed E-state index contributed by atoms with van der Waals surface area (Å²) in [6.07, 6.45) is -1.27. The van der Waals surface area contributed by atoms with Crippen molar-refractivity contribution in [2.75, 3.05) is 7.11 Å². The molecule has 0 saturated heterocycles. The molecule has 1 atom stereocenters. The van der Waals surface area contributed by atoms with E-state index in [4.69, 9.17) is 14.2 Å². The lowest BCUT2D eigenvalue weighted by Crippen LogP contribution is -2.45. The van der Waals surface area contributed by atoms with E-state index in [2.05, 4.69) is 5.32 Å². The van der Waals surface area contributed by atoms with Gasteiger partial charge in [0.15, 0.2) is 0 Å². The van der Waals surface area contributed by atoms with Gasteiger partial charge in [0.2, 0.25) is 0 Å². The van der Waals surface area contributed by atoms with Gasteiger partial charge in [0.05, 0.1) is 12.6 Å². The molecule has 0 heterocycles. The highest BCUT2D eigenvalue weighted by Crippen LogP contribution is 2.23. The van der Waals surface area contributed by atoms with Crippen LogP contribution in [-0.4, -0.2) is 53.1 Å². The molecule has 0 radical (unpaired) electrons. The number of carboxylic acid groups (broad SMARTS) is 1. The Labute approximate surface area is 191 Å². The molecule has 33 heavy (non-hydrogen) atoms. The quantitative estimate of drug-likeness (QED) is 0.412. The number of nitrogens with one attached hydrogen (secondary N) is 1. The molecular formula is C22H27BFNO8. The number of alkyl carbamates (subject to hydrolysis) is 1. The highest BCUT2D eigenvalue weighted by atomic mass is 19.1. The van der Waals surface area contributed by atoms with Gasteiger partial charge in [-0.1, -0.05) is 18.2 Å². The van der Waals surface area contributed by atoms with E-state index in [1.807, 2.05) is 0 Å². The Morgan fingerprint density at radius 2 is 1.76 bits per heavy atom. The summed E-state index contributed by atoms with van der Waals surface area (Å²) in [6.45, 7) is 4.81. The van der Waals surface area contributed by atoms with Gasteiger partial charge >= 0.3 is 19.2 Å². The van der Waals surface area contributed by atoms with Gasteiger partial charge in [-0.15, -0.1) is 0 Å². The Morgan fingerprint density at radius 1 is 1.12 bits per heavy atom. The smallest absolute Gasteiger partial charge is 0.495 e. The van der Waals surface area contributed by atoms with E-state index in [1.165, 1.54) is 13.2 Å². The van der Waals surface area contributed by atoms with E-state index in [0.29, 0.717) is 11.3 Å². The Bertz CT molecular complexity index is 976. The fourth-order valence-electron chi connectivity index (χ4n) is 2.94. The third-order valence-electron chi connectivity index (χ3n) is 4.44. The minimum absolute atomic E-state index is 0.0720. The lowest BCUT2D eigenvalue weighted by atomic mass is 9.77. The van der Waals surface area contributed by atoms with Crippen molar-refractivity contribution < 1.29 is 43.3 Å². The summed E-state index contributed by atoms with van der Waals surface area (Å²) >= 11 is 0. The van der Waals surface area contributed by atoms with Gasteiger partial charge in [0.1, 0.15) is 35.6 Å². The molecule has 2 aromatic rings. The third-order valence-corrected chi connectivity index (χ3v) is 4.44. The number of benzene rings is 2. The first-order chi connectivity index (χ1) is 15.4. The van der Waals surface area contributed by atoms with Gasteiger partial charge in [-0.2, -0.15) is 0 Å². The number of methoxy groups -OCH3 is 1. The maximum atomic E-state index is 14.4. The van der Waals surface area contributed by atoms with Gasteiger partial charge in [-0.3, -0.25) is 0 Å². The van der Waals surface area contributed by atoms with E-state index >= 15 is 0 Å². The maximum Gasteiger partial charge on any atom is 0.495 e. The molecular weight excluding hydrogens is 436 g/mol. The van der Waals surface area contributed by atoms with Crippen molar-refractivity contribution in [3.63, 3.8) is 0 Å². The van der Waals surface area contributed by atoms with Crippen molar-refractivity contribution in [2.45, 2.75) is 45.4 Å². The standard InChI is InChI=1S/C22H27BFNO8/c1-22(2,3)33-21(28)25-17(20(26)27)11-14-7-10-16(24)18(23(29)30)19(14)32-12-13-5-8-15(31-4)9-6-13/h5-10,17,29-30H,11-12H2,1-4H3,(H,25,28)(H,26,27). The van der Waals surface area contributed by atoms with Crippen molar-refractivity contribution in [3.05, 3.63) is 53.3 Å². The lowest BCUT2D eigenvalue weighted by molar-refractivity contribution is -0.139. The molecule has 0 aliphatic rings. The maximum absolute atomic E-state index is 14.4. The second-order valence-electron chi connectivity index (χ2n) is 8.20. The van der Waals surface area contributed by atoms with E-state index < -0.39 is 42.1 Å². The van der Waals surface area contributed by atoms with Gasteiger partial charge < -0.3 is 34.7 Å². The molecule has 178 valence electrons. The molecule has 0 aliphatic carbocycles. The molecule has 9 nitrogen and oxygen atoms in total. The fourth-order valence-corrected chi connectivity index (χ4v) is 2.94. The van der Waals surface area contributed by atoms with Crippen molar-refractivity contribution in [1.29, 1.82) is 0 Å². The van der Waals surface area contributed by atoms with Crippen LogP contribution in [0.15, 0.2) is 36.4 Å². The van der Waals surface area contributed by atoms with Crippen molar-refractivity contribution in [1.82, 2.24) is 5.32 Å². The van der Waals surface area contributed by atoms with E-state index in [0.717, 1.165) is 6.07 Å². The number of aliphatic carboxylic acids is 1. The molecule has 2 aromatic carbocycles. The van der Waals surface area contributed by atoms with Crippen LogP contribution < -0.4 is 20.3 Å². The number of halogens is 1. The molecule has 0 saturated carbocycles. The van der Waals surface area contributed by atoms with Crippen LogP contribution in [-0.2, 0) is 22.6 Å². The molecule has 0 spiro atoms. The monoisotopic (exact) mass is 463 g/mol. The molecule has 0 bridgehead atoms. The van der Waals surface area contributed by atoms with Crippen molar-refractivity contribution in [2.24, 2.45) is 0 Å². The first-order valence-corrected chi connectivity index (χ1v) is 10.1. The first-order valence-electron chi connectivity index (χ1n) is 10.1. The zero-order valence-corrected chi connectivity index (χ0v) is 18.8. The van der Waals surface area contributed by atoms with Crippen molar-refractivity contribution >= 4 is 24.6 Å². The van der Waals surface area contributed by atoms with E-state index in [9.17, 15) is 29.1 Å². The average molecular weight is 463 g/mol. The molecule has 1 amide bonds. The second-order valence-corrected chi connectivity index (χ2v) is 8.20. The first kappa shape index (κ1) is 26.0. The largest absolute Gasteiger partial charge is 0.497 e. The molecule has 2 rings (SSSR count). The van der Waals surface area contributed by atoms with Crippen LogP contribution in [0.25, 0.3) is 0 Å². The topological polar surface area (TPSA) is 135 Å². The third kappa shape index (κ3) is 7.65. The van der Waals surface area contributed by atoms with Crippen LogP contribution in [0, 0.1) is 5.82 Å². The summed E-state index contributed by atoms with van der Waals surface area (Å²) < 4.78 is 30.3. The summed E-state index contributed by atoms with van der Waals surface area (Å²) in [5.74, 6) is -1.91. The molecule has 0 fully saturated rings. The summed E-state index contributed by atoms with van der Waals surface area (Å²) in [5, 5.41) is 31.2. The summed E-state index contributed by atoms with van der Waals surface area (Å²) in [4.78, 5) is 23.8. The number of carboxylic acids is 1. The van der Waals surface area contributed by atoms with Gasteiger partial charge in [0.25, 0.3) is 0 Å². The van der Waals surface area contributed by atoms with Crippen LogP contribution in [0.5, 0.6) is 11.5 Å². The second kappa shape index (κ2) is 11.0. The van der Waals surface area contributed by atoms with Crippen LogP contribution >= 0.6 is 0 Å². The predicted molar refractivity (Wildman–Crippen MR) is 118 cm³/mol. The summed E-state index contributed by atoms with van der Waals surface area (Å²) in [5.41, 5.74) is -0.561. The normalized spacial score (nSPS) is 12.0. The van der Waals surface area contributed by atoms with Crippen LogP contribution in [0.3, 0.4) is 0 Å². The predicted octanol–water partition coefficient (Wildman–Crippen LogP) is 1.61. The molecule has 11 heteroatoms. The lowest BCUT2D eigenvalue weighted by Gasteiger charge is -2.23. The van der Waals surface area contributed by atoms with Gasteiger partial charge in [-0.05, 0) is 50.1 Å². The van der Waals surface area contributed by atoms with Gasteiger partial charge in [-0.25, -0.2) is 14.0 Å². The summed E-state index contributed by atoms with van der Waals surface area (Å²) in [6, 6.07) is 7.58. The van der Waals surface area contributed by atoms with Crippen molar-refractivity contribution in [3.8, 4) is 11.5 Å². The number of ether oxygens (including phenoxy) is 3. The number of carbonyl (C=O) groups is 2. The Hall–Kier alpha value is -3.31. The molecule has 1 unspecified atom stereocenters. The Kier molecular flexibility index (Phi) is 8.66. The van der Waals surface area contributed by atoms with E-state index in [-0.39, 0.29) is 24.3 Å². The van der Waals surface area contributed by atoms with Crippen LogP contribution in [0.1, 0.15) is 31.9 Å². The minimum Gasteiger partial charge on any atom is -0.497 e. The zero-order valence-electron chi connectivity index (χ0n) is 18.8. The number of carbonyl (C=O) groups excluding carboxylic acids is 1. The van der Waals surface area contributed by atoms with Crippen LogP contribution in [0.4, 0.5) is 9.18 Å². The Balaban J connectivity index is 2.32. The van der Waals surface area contributed by atoms with Crippen LogP contribution in [0.2, 0.25) is 0 Å². The minimum atomic E-state index is -2.21. The average Bonchev–Trinajstić information content (AvgIpc) is 2.71. The number of rotatable bonds is 9. The molecule has 0 aliphatic heterocycles. The van der Waals surface area contributed by atoms with Gasteiger partial charge in [0, 0.05) is 6.42 Å². The fraction of sp³-hybridized carbons (Fsp3) is 0.364. The van der Waals surface area contributed by atoms with E-state index in [1.54, 1.807) is 45.0 Å². The molecule has 4 N–H and O–H groups in total. The Morgan fingerprint density at radius 3 is 2.27 bits per heavy atom.